The van der Waals surface area contributed by atoms with E-state index in [0.29, 0.717) is 24.7 Å². The molecule has 0 bridgehead atoms. The van der Waals surface area contributed by atoms with E-state index in [-0.39, 0.29) is 30.6 Å². The molecule has 1 fully saturated rings. The number of ether oxygens (including phenoxy) is 1. The SMILES string of the molecule is NS(=O)(=O)CCCC(=O)N1CCO[C@@H](c2ccc(Cl)cc2)C1. The van der Waals surface area contributed by atoms with Crippen molar-refractivity contribution >= 4 is 27.5 Å². The van der Waals surface area contributed by atoms with Crippen molar-refractivity contribution in [3.63, 3.8) is 0 Å². The lowest BCUT2D eigenvalue weighted by molar-refractivity contribution is -0.139. The van der Waals surface area contributed by atoms with Crippen LogP contribution in [0.5, 0.6) is 0 Å². The number of primary sulfonamides is 1. The predicted molar refractivity (Wildman–Crippen MR) is 83.9 cm³/mol. The number of sulfonamides is 1. The maximum absolute atomic E-state index is 12.1. The number of carbonyl (C=O) groups excluding carboxylic acids is 1. The Morgan fingerprint density at radius 1 is 1.36 bits per heavy atom. The van der Waals surface area contributed by atoms with Gasteiger partial charge in [-0.05, 0) is 24.1 Å². The molecule has 1 aromatic rings. The molecular formula is C14H19ClN2O4S. The summed E-state index contributed by atoms with van der Waals surface area (Å²) >= 11 is 5.86. The highest BCUT2D eigenvalue weighted by Crippen LogP contribution is 2.24. The summed E-state index contributed by atoms with van der Waals surface area (Å²) in [6.45, 7) is 1.42. The van der Waals surface area contributed by atoms with Gasteiger partial charge in [0.15, 0.2) is 0 Å². The Morgan fingerprint density at radius 2 is 2.05 bits per heavy atom. The summed E-state index contributed by atoms with van der Waals surface area (Å²) in [6, 6.07) is 7.32. The van der Waals surface area contributed by atoms with Crippen LogP contribution >= 0.6 is 11.6 Å². The van der Waals surface area contributed by atoms with Gasteiger partial charge >= 0.3 is 0 Å². The molecule has 1 atom stereocenters. The van der Waals surface area contributed by atoms with Crippen LogP contribution in [0.1, 0.15) is 24.5 Å². The minimum atomic E-state index is -3.52. The van der Waals surface area contributed by atoms with Crippen molar-refractivity contribution in [1.29, 1.82) is 0 Å². The van der Waals surface area contributed by atoms with Crippen LogP contribution in [0.2, 0.25) is 5.02 Å². The molecule has 6 nitrogen and oxygen atoms in total. The van der Waals surface area contributed by atoms with Gasteiger partial charge in [-0.15, -0.1) is 0 Å². The van der Waals surface area contributed by atoms with Gasteiger partial charge < -0.3 is 9.64 Å². The Balaban J connectivity index is 1.89. The van der Waals surface area contributed by atoms with Gasteiger partial charge in [-0.2, -0.15) is 0 Å². The van der Waals surface area contributed by atoms with Crippen molar-refractivity contribution in [3.05, 3.63) is 34.9 Å². The van der Waals surface area contributed by atoms with Gasteiger partial charge in [0.05, 0.1) is 18.9 Å². The van der Waals surface area contributed by atoms with E-state index in [1.807, 2.05) is 12.1 Å². The number of nitrogens with zero attached hydrogens (tertiary/aromatic N) is 1. The zero-order valence-electron chi connectivity index (χ0n) is 12.1. The third kappa shape index (κ3) is 5.24. The van der Waals surface area contributed by atoms with Crippen molar-refractivity contribution in [1.82, 2.24) is 4.90 Å². The van der Waals surface area contributed by atoms with Crippen LogP contribution in [0.3, 0.4) is 0 Å². The molecule has 1 aliphatic heterocycles. The molecule has 2 rings (SSSR count). The fourth-order valence-corrected chi connectivity index (χ4v) is 3.01. The first-order valence-electron chi connectivity index (χ1n) is 7.00. The predicted octanol–water partition coefficient (Wildman–Crippen LogP) is 1.31. The molecule has 122 valence electrons. The largest absolute Gasteiger partial charge is 0.370 e. The molecule has 1 heterocycles. The molecule has 22 heavy (non-hydrogen) atoms. The van der Waals surface area contributed by atoms with Crippen LogP contribution in [0.4, 0.5) is 0 Å². The topological polar surface area (TPSA) is 89.7 Å². The van der Waals surface area contributed by atoms with Crippen LogP contribution < -0.4 is 5.14 Å². The molecule has 0 aliphatic carbocycles. The van der Waals surface area contributed by atoms with Crippen molar-refractivity contribution in [2.24, 2.45) is 5.14 Å². The Bertz CT molecular complexity index is 618. The normalized spacial score (nSPS) is 19.2. The van der Waals surface area contributed by atoms with Gasteiger partial charge in [0.1, 0.15) is 6.10 Å². The Labute approximate surface area is 135 Å². The number of halogens is 1. The Morgan fingerprint density at radius 3 is 2.68 bits per heavy atom. The van der Waals surface area contributed by atoms with E-state index in [4.69, 9.17) is 21.5 Å². The summed E-state index contributed by atoms with van der Waals surface area (Å²) < 4.78 is 27.4. The van der Waals surface area contributed by atoms with E-state index in [1.165, 1.54) is 0 Å². The van der Waals surface area contributed by atoms with Gasteiger partial charge in [0.2, 0.25) is 15.9 Å². The number of benzene rings is 1. The minimum absolute atomic E-state index is 0.0779. The highest BCUT2D eigenvalue weighted by Gasteiger charge is 2.25. The average Bonchev–Trinajstić information content (AvgIpc) is 2.47. The third-order valence-corrected chi connectivity index (χ3v) is 4.59. The van der Waals surface area contributed by atoms with Crippen molar-refractivity contribution in [3.8, 4) is 0 Å². The van der Waals surface area contributed by atoms with Crippen LogP contribution in [0, 0.1) is 0 Å². The zero-order chi connectivity index (χ0) is 16.2. The molecular weight excluding hydrogens is 328 g/mol. The Kier molecular flexibility index (Phi) is 5.80. The molecule has 0 aromatic heterocycles. The van der Waals surface area contributed by atoms with E-state index in [1.54, 1.807) is 17.0 Å². The lowest BCUT2D eigenvalue weighted by Crippen LogP contribution is -2.42. The first-order valence-corrected chi connectivity index (χ1v) is 9.10. The first-order chi connectivity index (χ1) is 10.3. The van der Waals surface area contributed by atoms with E-state index in [0.717, 1.165) is 5.56 Å². The quantitative estimate of drug-likeness (QED) is 0.870. The number of morpholine rings is 1. The number of hydrogen-bond acceptors (Lipinski definition) is 4. The number of hydrogen-bond donors (Lipinski definition) is 1. The standard InChI is InChI=1S/C14H19ClN2O4S/c15-12-5-3-11(4-6-12)13-10-17(7-8-21-13)14(18)2-1-9-22(16,19)20/h3-6,13H,1-2,7-10H2,(H2,16,19,20)/t13-/m1/s1. The smallest absolute Gasteiger partial charge is 0.222 e. The number of nitrogens with two attached hydrogens (primary N) is 1. The first kappa shape index (κ1) is 17.2. The van der Waals surface area contributed by atoms with Crippen LogP contribution in [0.15, 0.2) is 24.3 Å². The molecule has 8 heteroatoms. The molecule has 1 amide bonds. The van der Waals surface area contributed by atoms with Crippen molar-refractivity contribution in [2.75, 3.05) is 25.4 Å². The summed E-state index contributed by atoms with van der Waals surface area (Å²) in [7, 11) is -3.52. The second kappa shape index (κ2) is 7.41. The molecule has 1 aliphatic rings. The van der Waals surface area contributed by atoms with E-state index >= 15 is 0 Å². The molecule has 0 spiro atoms. The summed E-state index contributed by atoms with van der Waals surface area (Å²) in [4.78, 5) is 13.8. The molecule has 2 N–H and O–H groups in total. The number of carbonyl (C=O) groups is 1. The average molecular weight is 347 g/mol. The molecule has 0 radical (unpaired) electrons. The van der Waals surface area contributed by atoms with Gasteiger partial charge in [0, 0.05) is 18.0 Å². The monoisotopic (exact) mass is 346 g/mol. The van der Waals surface area contributed by atoms with Crippen LogP contribution in [0.25, 0.3) is 0 Å². The lowest BCUT2D eigenvalue weighted by Gasteiger charge is -2.33. The second-order valence-electron chi connectivity index (χ2n) is 5.22. The van der Waals surface area contributed by atoms with Gasteiger partial charge in [0.25, 0.3) is 0 Å². The molecule has 0 unspecified atom stereocenters. The summed E-state index contributed by atoms with van der Waals surface area (Å²) in [5.74, 6) is -0.255. The van der Waals surface area contributed by atoms with Crippen LogP contribution in [-0.4, -0.2) is 44.7 Å². The number of rotatable bonds is 5. The zero-order valence-corrected chi connectivity index (χ0v) is 13.6. The fourth-order valence-electron chi connectivity index (χ4n) is 2.34. The maximum atomic E-state index is 12.1. The van der Waals surface area contributed by atoms with Gasteiger partial charge in [-0.25, -0.2) is 13.6 Å². The maximum Gasteiger partial charge on any atom is 0.222 e. The summed E-state index contributed by atoms with van der Waals surface area (Å²) in [5.41, 5.74) is 0.964. The van der Waals surface area contributed by atoms with Gasteiger partial charge in [-0.3, -0.25) is 4.79 Å². The fraction of sp³-hybridized carbons (Fsp3) is 0.500. The lowest BCUT2D eigenvalue weighted by atomic mass is 10.1. The van der Waals surface area contributed by atoms with Gasteiger partial charge in [-0.1, -0.05) is 23.7 Å². The summed E-state index contributed by atoms with van der Waals surface area (Å²) in [5, 5.41) is 5.58. The van der Waals surface area contributed by atoms with E-state index in [2.05, 4.69) is 0 Å². The highest BCUT2D eigenvalue weighted by molar-refractivity contribution is 7.89. The Hall–Kier alpha value is -1.15. The molecule has 1 aromatic carbocycles. The van der Waals surface area contributed by atoms with Crippen molar-refractivity contribution < 1.29 is 17.9 Å². The summed E-state index contributed by atoms with van der Waals surface area (Å²) in [6.07, 6.45) is 0.220. The molecule has 0 saturated carbocycles. The van der Waals surface area contributed by atoms with E-state index < -0.39 is 10.0 Å². The minimum Gasteiger partial charge on any atom is -0.370 e. The third-order valence-electron chi connectivity index (χ3n) is 3.48. The number of amides is 1. The van der Waals surface area contributed by atoms with Crippen molar-refractivity contribution in [2.45, 2.75) is 18.9 Å². The van der Waals surface area contributed by atoms with Crippen LogP contribution in [-0.2, 0) is 19.6 Å². The highest BCUT2D eigenvalue weighted by atomic mass is 35.5. The van der Waals surface area contributed by atoms with E-state index in [9.17, 15) is 13.2 Å². The second-order valence-corrected chi connectivity index (χ2v) is 7.39. The molecule has 1 saturated heterocycles.